The summed E-state index contributed by atoms with van der Waals surface area (Å²) >= 11 is 6.50. The van der Waals surface area contributed by atoms with Crippen molar-refractivity contribution in [2.45, 2.75) is 64.0 Å². The van der Waals surface area contributed by atoms with E-state index >= 15 is 4.39 Å². The molecule has 0 aliphatic carbocycles. The highest BCUT2D eigenvalue weighted by Crippen LogP contribution is 2.44. The molecular weight excluding hydrogens is 787 g/mol. The summed E-state index contributed by atoms with van der Waals surface area (Å²) in [5.41, 5.74) is 4.94. The lowest BCUT2D eigenvalue weighted by molar-refractivity contribution is -0.136. The molecule has 60 heavy (non-hydrogen) atoms. The Hall–Kier alpha value is -5.52. The summed E-state index contributed by atoms with van der Waals surface area (Å²) in [6, 6.07) is 15.8. The van der Waals surface area contributed by atoms with Gasteiger partial charge in [-0.1, -0.05) is 11.6 Å². The predicted octanol–water partition coefficient (Wildman–Crippen LogP) is 4.98. The van der Waals surface area contributed by atoms with Crippen molar-refractivity contribution in [3.05, 3.63) is 87.2 Å². The molecule has 6 aliphatic rings. The predicted molar refractivity (Wildman–Crippen MR) is 224 cm³/mol. The number of anilines is 3. The minimum Gasteiger partial charge on any atom is -0.371 e. The standard InChI is InChI=1S/C45H48ClFN8O5/c1-28-36(7-4-30(26-48)40(28)46)54-19-14-45(27-54)12-17-50(18-13-45)31-5-2-29(3-6-31)42(58)53-22-20-51(21-23-53)32-10-15-52(16-11-32)38-25-34-33(24-35(38)47)43(59)55(44(34)60)37-8-9-39(56)49-41(37)57/h2-7,24-25,32,37H,8-23,27H2,1H3,(H,49,56,57). The molecule has 0 saturated carbocycles. The number of nitrogens with zero attached hydrogens (tertiary/aromatic N) is 7. The van der Waals surface area contributed by atoms with Crippen LogP contribution in [0, 0.1) is 29.5 Å². The first-order valence-electron chi connectivity index (χ1n) is 21.1. The fourth-order valence-corrected chi connectivity index (χ4v) is 10.6. The fourth-order valence-electron chi connectivity index (χ4n) is 10.4. The Bertz CT molecular complexity index is 2310. The molecule has 1 atom stereocenters. The monoisotopic (exact) mass is 834 g/mol. The smallest absolute Gasteiger partial charge is 0.262 e. The van der Waals surface area contributed by atoms with Crippen molar-refractivity contribution in [3.63, 3.8) is 0 Å². The Balaban J connectivity index is 0.743. The lowest BCUT2D eigenvalue weighted by Gasteiger charge is -2.43. The maximum atomic E-state index is 15.5. The SMILES string of the molecule is Cc1c(N2CCC3(CCN(c4ccc(C(=O)N5CCN(C6CCN(c7cc8c(cc7F)C(=O)N(C7CCC(=O)NC7=O)C8=O)CC6)CC5)cc4)CC3)C2)ccc(C#N)c1Cl. The Morgan fingerprint density at radius 2 is 1.45 bits per heavy atom. The molecule has 5 saturated heterocycles. The highest BCUT2D eigenvalue weighted by Gasteiger charge is 2.46. The highest BCUT2D eigenvalue weighted by atomic mass is 35.5. The molecule has 6 aliphatic heterocycles. The molecule has 13 nitrogen and oxygen atoms in total. The molecular formula is C45H48ClFN8O5. The third kappa shape index (κ3) is 7.15. The van der Waals surface area contributed by atoms with Gasteiger partial charge in [0.2, 0.25) is 11.8 Å². The number of amides is 5. The molecule has 0 aromatic heterocycles. The van der Waals surface area contributed by atoms with E-state index in [-0.39, 0.29) is 47.0 Å². The second kappa shape index (κ2) is 15.8. The van der Waals surface area contributed by atoms with E-state index in [1.54, 1.807) is 0 Å². The number of nitrogens with one attached hydrogen (secondary N) is 1. The molecule has 5 fully saturated rings. The van der Waals surface area contributed by atoms with Gasteiger partial charge in [-0.05, 0) is 105 Å². The van der Waals surface area contributed by atoms with E-state index in [0.717, 1.165) is 99.3 Å². The summed E-state index contributed by atoms with van der Waals surface area (Å²) in [6.07, 6.45) is 4.94. The summed E-state index contributed by atoms with van der Waals surface area (Å²) in [7, 11) is 0. The number of hydrogen-bond acceptors (Lipinski definition) is 10. The van der Waals surface area contributed by atoms with Crippen molar-refractivity contribution >= 4 is 58.2 Å². The van der Waals surface area contributed by atoms with Crippen LogP contribution in [-0.2, 0) is 9.59 Å². The molecule has 1 unspecified atom stereocenters. The number of carbonyl (C=O) groups excluding carboxylic acids is 5. The first-order chi connectivity index (χ1) is 28.9. The Morgan fingerprint density at radius 1 is 0.800 bits per heavy atom. The van der Waals surface area contributed by atoms with Crippen molar-refractivity contribution in [1.82, 2.24) is 20.0 Å². The third-order valence-electron chi connectivity index (χ3n) is 14.0. The largest absolute Gasteiger partial charge is 0.371 e. The minimum absolute atomic E-state index is 0.0137. The number of imide groups is 2. The minimum atomic E-state index is -1.10. The molecule has 1 N–H and O–H groups in total. The summed E-state index contributed by atoms with van der Waals surface area (Å²) < 4.78 is 15.5. The first-order valence-corrected chi connectivity index (χ1v) is 21.4. The number of benzene rings is 3. The van der Waals surface area contributed by atoms with Gasteiger partial charge in [0.1, 0.15) is 17.9 Å². The van der Waals surface area contributed by atoms with Crippen LogP contribution in [0.1, 0.15) is 87.1 Å². The number of nitriles is 1. The average molecular weight is 835 g/mol. The van der Waals surface area contributed by atoms with E-state index < -0.39 is 35.5 Å². The van der Waals surface area contributed by atoms with Crippen LogP contribution in [0.25, 0.3) is 0 Å². The molecule has 3 aromatic carbocycles. The van der Waals surface area contributed by atoms with Gasteiger partial charge in [-0.3, -0.25) is 39.1 Å². The van der Waals surface area contributed by atoms with Crippen LogP contribution in [0.5, 0.6) is 0 Å². The van der Waals surface area contributed by atoms with Gasteiger partial charge in [-0.15, -0.1) is 0 Å². The zero-order valence-electron chi connectivity index (χ0n) is 33.7. The van der Waals surface area contributed by atoms with Gasteiger partial charge in [0.25, 0.3) is 17.7 Å². The number of piperidine rings is 3. The fraction of sp³-hybridized carbons (Fsp3) is 0.467. The molecule has 9 rings (SSSR count). The topological polar surface area (TPSA) is 141 Å². The molecule has 312 valence electrons. The molecule has 0 radical (unpaired) electrons. The zero-order valence-corrected chi connectivity index (χ0v) is 34.5. The number of fused-ring (bicyclic) bond motifs is 1. The summed E-state index contributed by atoms with van der Waals surface area (Å²) in [5.74, 6) is -3.09. The third-order valence-corrected chi connectivity index (χ3v) is 14.5. The van der Waals surface area contributed by atoms with Crippen molar-refractivity contribution in [2.75, 3.05) is 80.1 Å². The molecule has 3 aromatic rings. The van der Waals surface area contributed by atoms with Crippen LogP contribution in [0.3, 0.4) is 0 Å². The van der Waals surface area contributed by atoms with Crippen LogP contribution < -0.4 is 20.0 Å². The molecule has 0 bridgehead atoms. The quantitative estimate of drug-likeness (QED) is 0.338. The number of halogens is 2. The van der Waals surface area contributed by atoms with Crippen LogP contribution in [0.4, 0.5) is 21.5 Å². The first kappa shape index (κ1) is 39.9. The van der Waals surface area contributed by atoms with Crippen molar-refractivity contribution in [2.24, 2.45) is 5.41 Å². The normalized spacial score (nSPS) is 22.4. The van der Waals surface area contributed by atoms with Crippen molar-refractivity contribution in [3.8, 4) is 6.07 Å². The lowest BCUT2D eigenvalue weighted by atomic mass is 9.77. The second-order valence-electron chi connectivity index (χ2n) is 17.2. The number of rotatable bonds is 6. The molecule has 1 spiro atoms. The summed E-state index contributed by atoms with van der Waals surface area (Å²) in [4.78, 5) is 76.1. The van der Waals surface area contributed by atoms with Gasteiger partial charge in [-0.25, -0.2) is 4.39 Å². The van der Waals surface area contributed by atoms with Crippen molar-refractivity contribution < 1.29 is 28.4 Å². The van der Waals surface area contributed by atoms with E-state index in [1.807, 2.05) is 41.0 Å². The van der Waals surface area contributed by atoms with Crippen LogP contribution in [0.15, 0.2) is 48.5 Å². The Kier molecular flexibility index (Phi) is 10.5. The van der Waals surface area contributed by atoms with Gasteiger partial charge in [0.15, 0.2) is 0 Å². The van der Waals surface area contributed by atoms with Crippen LogP contribution in [0.2, 0.25) is 5.02 Å². The van der Waals surface area contributed by atoms with Crippen molar-refractivity contribution in [1.29, 1.82) is 5.26 Å². The maximum absolute atomic E-state index is 15.5. The van der Waals surface area contributed by atoms with Gasteiger partial charge in [0.05, 0.1) is 27.4 Å². The average Bonchev–Trinajstić information content (AvgIpc) is 3.78. The van der Waals surface area contributed by atoms with Gasteiger partial charge in [-0.2, -0.15) is 5.26 Å². The zero-order chi connectivity index (χ0) is 41.9. The maximum Gasteiger partial charge on any atom is 0.262 e. The van der Waals surface area contributed by atoms with E-state index in [1.165, 1.54) is 6.07 Å². The molecule has 5 amide bonds. The summed E-state index contributed by atoms with van der Waals surface area (Å²) in [5, 5.41) is 12.1. The number of carbonyl (C=O) groups is 5. The molecule has 15 heteroatoms. The number of hydrogen-bond donors (Lipinski definition) is 1. The highest BCUT2D eigenvalue weighted by molar-refractivity contribution is 6.33. The van der Waals surface area contributed by atoms with E-state index in [2.05, 4.69) is 38.2 Å². The van der Waals surface area contributed by atoms with Gasteiger partial charge < -0.3 is 19.6 Å². The van der Waals surface area contributed by atoms with E-state index in [9.17, 15) is 29.2 Å². The second-order valence-corrected chi connectivity index (χ2v) is 17.6. The van der Waals surface area contributed by atoms with E-state index in [4.69, 9.17) is 11.6 Å². The Labute approximate surface area is 353 Å². The van der Waals surface area contributed by atoms with E-state index in [0.29, 0.717) is 42.3 Å². The number of piperazine rings is 1. The van der Waals surface area contributed by atoms with Gasteiger partial charge >= 0.3 is 0 Å². The molecule has 6 heterocycles. The van der Waals surface area contributed by atoms with Crippen LogP contribution >= 0.6 is 11.6 Å². The Morgan fingerprint density at radius 3 is 2.10 bits per heavy atom. The van der Waals surface area contributed by atoms with Crippen LogP contribution in [-0.4, -0.2) is 122 Å². The van der Waals surface area contributed by atoms with Gasteiger partial charge in [0, 0.05) is 94.8 Å². The summed E-state index contributed by atoms with van der Waals surface area (Å²) in [6.45, 7) is 9.77. The lowest BCUT2D eigenvalue weighted by Crippen LogP contribution is -2.54.